The molecular weight excluding hydrogens is 470 g/mol. The highest BCUT2D eigenvalue weighted by Gasteiger charge is 2.78. The number of hydrogen-bond donors (Lipinski definition) is 2. The third-order valence-corrected chi connectivity index (χ3v) is 9.34. The lowest BCUT2D eigenvalue weighted by atomic mass is 9.51. The van der Waals surface area contributed by atoms with Gasteiger partial charge in [-0.25, -0.2) is 0 Å². The molecule has 37 heavy (non-hydrogen) atoms. The molecule has 0 bridgehead atoms. The number of Topliss-reactive ketones (excluding diaryl/α,β-unsaturated/α-hetero) is 1. The molecule has 1 amide bonds. The van der Waals surface area contributed by atoms with Crippen molar-refractivity contribution in [2.24, 2.45) is 29.1 Å². The first kappa shape index (κ1) is 25.9. The second kappa shape index (κ2) is 8.91. The van der Waals surface area contributed by atoms with Crippen LogP contribution in [0.25, 0.3) is 0 Å². The maximum absolute atomic E-state index is 14.3. The van der Waals surface area contributed by atoms with Crippen LogP contribution in [0.15, 0.2) is 54.6 Å². The number of carbonyl (C=O) groups is 3. The van der Waals surface area contributed by atoms with Crippen molar-refractivity contribution in [2.45, 2.75) is 76.9 Å². The summed E-state index contributed by atoms with van der Waals surface area (Å²) in [5, 5.41) is 14.3. The van der Waals surface area contributed by atoms with Crippen molar-refractivity contribution in [3.63, 3.8) is 0 Å². The second-order valence-electron chi connectivity index (χ2n) is 11.7. The quantitative estimate of drug-likeness (QED) is 0.370. The van der Waals surface area contributed by atoms with Gasteiger partial charge in [0.05, 0.1) is 11.7 Å². The van der Waals surface area contributed by atoms with Crippen molar-refractivity contribution in [3.05, 3.63) is 60.2 Å². The topological polar surface area (TPSA) is 105 Å². The number of rotatable bonds is 3. The van der Waals surface area contributed by atoms with Crippen molar-refractivity contribution < 1.29 is 29.0 Å². The molecule has 1 saturated carbocycles. The molecule has 4 aliphatic rings. The molecule has 10 atom stereocenters. The van der Waals surface area contributed by atoms with E-state index in [0.717, 1.165) is 5.56 Å². The number of nitrogens with one attached hydrogen (secondary N) is 1. The van der Waals surface area contributed by atoms with Crippen LogP contribution in [0.2, 0.25) is 0 Å². The summed E-state index contributed by atoms with van der Waals surface area (Å²) in [5.74, 6) is -2.10. The molecule has 2 saturated heterocycles. The predicted molar refractivity (Wildman–Crippen MR) is 137 cm³/mol. The van der Waals surface area contributed by atoms with E-state index in [-0.39, 0.29) is 41.6 Å². The Labute approximate surface area is 218 Å². The smallest absolute Gasteiger partial charge is 0.303 e. The zero-order valence-corrected chi connectivity index (χ0v) is 22.1. The first-order valence-electron chi connectivity index (χ1n) is 13.3. The molecule has 1 aromatic rings. The average Bonchev–Trinajstić information content (AvgIpc) is 3.46. The van der Waals surface area contributed by atoms with Gasteiger partial charge in [0.25, 0.3) is 0 Å². The maximum Gasteiger partial charge on any atom is 0.303 e. The first-order chi connectivity index (χ1) is 17.4. The molecule has 2 N–H and O–H groups in total. The fraction of sp³-hybridized carbons (Fsp3) is 0.567. The van der Waals surface area contributed by atoms with Gasteiger partial charge in [-0.3, -0.25) is 14.4 Å². The van der Waals surface area contributed by atoms with Crippen LogP contribution in [-0.4, -0.2) is 52.2 Å². The number of epoxide rings is 1. The van der Waals surface area contributed by atoms with Crippen molar-refractivity contribution >= 4 is 17.7 Å². The summed E-state index contributed by atoms with van der Waals surface area (Å²) in [6.45, 7) is 8.76. The molecule has 5 rings (SSSR count). The number of aliphatic hydroxyl groups is 1. The van der Waals surface area contributed by atoms with Gasteiger partial charge in [0.2, 0.25) is 5.91 Å². The summed E-state index contributed by atoms with van der Waals surface area (Å²) in [7, 11) is 0. The fourth-order valence-electron chi connectivity index (χ4n) is 7.33. The van der Waals surface area contributed by atoms with E-state index in [2.05, 4.69) is 19.2 Å². The summed E-state index contributed by atoms with van der Waals surface area (Å²) in [6.07, 6.45) is 6.72. The maximum atomic E-state index is 14.3. The average molecular weight is 508 g/mol. The van der Waals surface area contributed by atoms with E-state index in [1.807, 2.05) is 42.5 Å². The Morgan fingerprint density at radius 1 is 1.16 bits per heavy atom. The van der Waals surface area contributed by atoms with Gasteiger partial charge < -0.3 is 19.9 Å². The van der Waals surface area contributed by atoms with Gasteiger partial charge in [0, 0.05) is 30.7 Å². The van der Waals surface area contributed by atoms with Gasteiger partial charge in [0.1, 0.15) is 17.1 Å². The van der Waals surface area contributed by atoms with Crippen LogP contribution in [0, 0.1) is 29.1 Å². The Hall–Kier alpha value is -2.77. The van der Waals surface area contributed by atoms with Crippen LogP contribution in [0.3, 0.4) is 0 Å². The molecule has 7 nitrogen and oxygen atoms in total. The highest BCUT2D eigenvalue weighted by Crippen LogP contribution is 2.67. The van der Waals surface area contributed by atoms with E-state index >= 15 is 0 Å². The van der Waals surface area contributed by atoms with Gasteiger partial charge in [-0.2, -0.15) is 0 Å². The number of ether oxygens (including phenoxy) is 2. The Balaban J connectivity index is 1.70. The van der Waals surface area contributed by atoms with Gasteiger partial charge in [-0.05, 0) is 50.3 Å². The molecule has 2 aliphatic heterocycles. The summed E-state index contributed by atoms with van der Waals surface area (Å²) in [6, 6.07) is 9.82. The molecule has 0 aromatic heterocycles. The predicted octanol–water partition coefficient (Wildman–Crippen LogP) is 3.16. The van der Waals surface area contributed by atoms with E-state index in [9.17, 15) is 19.5 Å². The summed E-state index contributed by atoms with van der Waals surface area (Å²) >= 11 is 0. The molecule has 2 aliphatic carbocycles. The number of carbonyl (C=O) groups excluding carboxylic acids is 3. The SMILES string of the molecule is CC(=O)O[C@H]1C=C[C@@](C)(O)C(=O)[C@@H](C)C/C=C/[C@H]2[C@@H]3O[C@]3(C)[C@@H](C)[C@H]3[C@H](Cc4ccccc4)NC(=O)[C@@]312. The van der Waals surface area contributed by atoms with Crippen LogP contribution < -0.4 is 5.32 Å². The van der Waals surface area contributed by atoms with Crippen LogP contribution in [0.1, 0.15) is 46.6 Å². The summed E-state index contributed by atoms with van der Waals surface area (Å²) in [4.78, 5) is 39.7. The highest BCUT2D eigenvalue weighted by atomic mass is 16.6. The van der Waals surface area contributed by atoms with E-state index in [0.29, 0.717) is 12.8 Å². The minimum absolute atomic E-state index is 0.0209. The molecule has 2 heterocycles. The van der Waals surface area contributed by atoms with Crippen molar-refractivity contribution in [3.8, 4) is 0 Å². The van der Waals surface area contributed by atoms with Crippen LogP contribution in [0.5, 0.6) is 0 Å². The number of fused-ring (bicyclic) bond motifs is 2. The van der Waals surface area contributed by atoms with E-state index in [4.69, 9.17) is 9.47 Å². The largest absolute Gasteiger partial charge is 0.457 e. The van der Waals surface area contributed by atoms with Gasteiger partial charge in [0.15, 0.2) is 5.78 Å². The molecular formula is C30H37NO6. The van der Waals surface area contributed by atoms with Gasteiger partial charge in [-0.1, -0.05) is 56.3 Å². The Bertz CT molecular complexity index is 1160. The zero-order chi connectivity index (χ0) is 26.8. The van der Waals surface area contributed by atoms with Gasteiger partial charge in [-0.15, -0.1) is 0 Å². The number of esters is 1. The molecule has 3 fully saturated rings. The molecule has 7 heteroatoms. The number of allylic oxidation sites excluding steroid dienone is 1. The molecule has 1 spiro atoms. The minimum atomic E-state index is -1.76. The van der Waals surface area contributed by atoms with Crippen LogP contribution in [-0.2, 0) is 30.3 Å². The first-order valence-corrected chi connectivity index (χ1v) is 13.3. The van der Waals surface area contributed by atoms with Crippen molar-refractivity contribution in [1.29, 1.82) is 0 Å². The standard InChI is InChI=1S/C30H37NO6/c1-17-10-9-13-21-26-29(5,37-26)18(2)24-22(16-20-11-7-6-8-12-20)31-27(34)30(21,24)23(36-19(3)32)14-15-28(4,35)25(17)33/h6-9,11-15,17-18,21-24,26,35H,10,16H2,1-5H3,(H,31,34)/b13-9+,15-14?/t17-,18-,21-,22-,23-,24-,26-,28+,29+,30+/m0/s1. The minimum Gasteiger partial charge on any atom is -0.457 e. The third kappa shape index (κ3) is 3.98. The fourth-order valence-corrected chi connectivity index (χ4v) is 7.33. The summed E-state index contributed by atoms with van der Waals surface area (Å²) < 4.78 is 12.3. The third-order valence-electron chi connectivity index (χ3n) is 9.34. The molecule has 198 valence electrons. The number of ketones is 1. The van der Waals surface area contributed by atoms with E-state index in [1.165, 1.54) is 19.9 Å². The molecule has 1 aromatic carbocycles. The van der Waals surface area contributed by atoms with Gasteiger partial charge >= 0.3 is 5.97 Å². The highest BCUT2D eigenvalue weighted by molar-refractivity contribution is 5.91. The zero-order valence-electron chi connectivity index (χ0n) is 22.1. The lowest BCUT2D eigenvalue weighted by molar-refractivity contribution is -0.162. The Morgan fingerprint density at radius 3 is 2.54 bits per heavy atom. The molecule has 0 unspecified atom stereocenters. The summed E-state index contributed by atoms with van der Waals surface area (Å²) in [5.41, 5.74) is -2.24. The lowest BCUT2D eigenvalue weighted by Crippen LogP contribution is -2.60. The van der Waals surface area contributed by atoms with Crippen LogP contribution >= 0.6 is 0 Å². The number of hydrogen-bond acceptors (Lipinski definition) is 6. The molecule has 0 radical (unpaired) electrons. The van der Waals surface area contributed by atoms with E-state index < -0.39 is 34.6 Å². The monoisotopic (exact) mass is 507 g/mol. The Kier molecular flexibility index (Phi) is 6.23. The second-order valence-corrected chi connectivity index (χ2v) is 11.7. The Morgan fingerprint density at radius 2 is 1.86 bits per heavy atom. The van der Waals surface area contributed by atoms with Crippen molar-refractivity contribution in [2.75, 3.05) is 0 Å². The number of amides is 1. The van der Waals surface area contributed by atoms with E-state index in [1.54, 1.807) is 13.0 Å². The lowest BCUT2D eigenvalue weighted by Gasteiger charge is -2.49. The normalized spacial score (nSPS) is 45.5. The number of benzene rings is 1. The van der Waals surface area contributed by atoms with Crippen molar-refractivity contribution in [1.82, 2.24) is 5.32 Å². The van der Waals surface area contributed by atoms with Crippen LogP contribution in [0.4, 0.5) is 0 Å².